The van der Waals surface area contributed by atoms with Crippen molar-refractivity contribution >= 4 is 10.2 Å². The lowest BCUT2D eigenvalue weighted by molar-refractivity contribution is 0.0901. The van der Waals surface area contributed by atoms with Crippen molar-refractivity contribution in [3.63, 3.8) is 0 Å². The minimum absolute atomic E-state index is 0.498. The van der Waals surface area contributed by atoms with Crippen LogP contribution >= 0.6 is 0 Å². The van der Waals surface area contributed by atoms with Crippen molar-refractivity contribution in [2.45, 2.75) is 39.2 Å². The molecular weight excluding hydrogens is 350 g/mol. The van der Waals surface area contributed by atoms with Crippen molar-refractivity contribution < 1.29 is 13.5 Å². The third-order valence-electron chi connectivity index (χ3n) is 5.52. The summed E-state index contributed by atoms with van der Waals surface area (Å²) in [5.41, 5.74) is 3.20. The Hall–Kier alpha value is -0.990. The smallest absolute Gasteiger partial charge is 0.282 e. The summed E-state index contributed by atoms with van der Waals surface area (Å²) in [7, 11) is -3.32. The zero-order valence-corrected chi connectivity index (χ0v) is 16.7. The highest BCUT2D eigenvalue weighted by Gasteiger charge is 2.33. The molecule has 0 amide bonds. The van der Waals surface area contributed by atoms with Gasteiger partial charge in [-0.05, 0) is 37.8 Å². The summed E-state index contributed by atoms with van der Waals surface area (Å²) in [6.45, 7) is 8.20. The van der Waals surface area contributed by atoms with Crippen molar-refractivity contribution in [1.29, 1.82) is 0 Å². The second-order valence-corrected chi connectivity index (χ2v) is 9.47. The number of piperazine rings is 1. The highest BCUT2D eigenvalue weighted by Crippen LogP contribution is 2.22. The Labute approximate surface area is 157 Å². The Morgan fingerprint density at radius 3 is 2.23 bits per heavy atom. The van der Waals surface area contributed by atoms with Gasteiger partial charge < -0.3 is 5.11 Å². The lowest BCUT2D eigenvalue weighted by atomic mass is 10.0. The first-order valence-electron chi connectivity index (χ1n) is 9.61. The molecule has 146 valence electrons. The van der Waals surface area contributed by atoms with E-state index in [1.165, 1.54) is 0 Å². The molecule has 1 aromatic rings. The summed E-state index contributed by atoms with van der Waals surface area (Å²) in [5, 5.41) is 10.6. The maximum Gasteiger partial charge on any atom is 0.282 e. The molecule has 3 rings (SSSR count). The number of aliphatic hydroxyl groups excluding tert-OH is 1. The second-order valence-electron chi connectivity index (χ2n) is 7.54. The lowest BCUT2D eigenvalue weighted by Gasteiger charge is -2.38. The average molecular weight is 382 g/mol. The van der Waals surface area contributed by atoms with Gasteiger partial charge >= 0.3 is 0 Å². The minimum atomic E-state index is -3.32. The van der Waals surface area contributed by atoms with Gasteiger partial charge in [0.15, 0.2) is 0 Å². The van der Waals surface area contributed by atoms with E-state index in [2.05, 4.69) is 11.0 Å². The first-order valence-corrected chi connectivity index (χ1v) is 11.0. The van der Waals surface area contributed by atoms with E-state index in [1.807, 2.05) is 26.0 Å². The molecule has 2 heterocycles. The topological polar surface area (TPSA) is 64.1 Å². The predicted octanol–water partition coefficient (Wildman–Crippen LogP) is 1.69. The van der Waals surface area contributed by atoms with Crippen LogP contribution in [-0.4, -0.2) is 72.8 Å². The van der Waals surface area contributed by atoms with Gasteiger partial charge in [-0.2, -0.15) is 17.0 Å². The summed E-state index contributed by atoms with van der Waals surface area (Å²) in [6.07, 6.45) is 2.50. The number of hydrogen-bond donors (Lipinski definition) is 1. The molecule has 2 fully saturated rings. The first kappa shape index (κ1) is 19.8. The molecule has 2 saturated heterocycles. The molecule has 0 spiro atoms. The molecule has 0 aromatic heterocycles. The Morgan fingerprint density at radius 1 is 0.962 bits per heavy atom. The van der Waals surface area contributed by atoms with Crippen LogP contribution in [0.4, 0.5) is 0 Å². The number of aryl methyl sites for hydroxylation is 2. The number of rotatable bonds is 5. The molecule has 6 nitrogen and oxygen atoms in total. The number of piperidine rings is 1. The molecule has 7 heteroatoms. The van der Waals surface area contributed by atoms with Crippen LogP contribution in [0.25, 0.3) is 0 Å². The second kappa shape index (κ2) is 8.35. The fraction of sp³-hybridized carbons (Fsp3) is 0.684. The van der Waals surface area contributed by atoms with Gasteiger partial charge in [0.25, 0.3) is 10.2 Å². The van der Waals surface area contributed by atoms with E-state index in [0.717, 1.165) is 36.0 Å². The van der Waals surface area contributed by atoms with E-state index in [-0.39, 0.29) is 0 Å². The summed E-state index contributed by atoms with van der Waals surface area (Å²) >= 11 is 0. The van der Waals surface area contributed by atoms with Crippen LogP contribution in [0.3, 0.4) is 0 Å². The van der Waals surface area contributed by atoms with Crippen LogP contribution in [-0.2, 0) is 10.2 Å². The molecule has 1 N–H and O–H groups in total. The van der Waals surface area contributed by atoms with Crippen molar-refractivity contribution in [3.05, 3.63) is 34.9 Å². The Bertz CT molecular complexity index is 709. The normalized spacial score (nSPS) is 22.4. The highest BCUT2D eigenvalue weighted by atomic mass is 32.2. The van der Waals surface area contributed by atoms with Gasteiger partial charge in [0, 0.05) is 45.8 Å². The van der Waals surface area contributed by atoms with Crippen LogP contribution in [0.15, 0.2) is 18.2 Å². The van der Waals surface area contributed by atoms with Crippen molar-refractivity contribution in [1.82, 2.24) is 13.5 Å². The summed E-state index contributed by atoms with van der Waals surface area (Å²) < 4.78 is 28.8. The van der Waals surface area contributed by atoms with Crippen LogP contribution in [0, 0.1) is 13.8 Å². The van der Waals surface area contributed by atoms with Crippen LogP contribution in [0.2, 0.25) is 0 Å². The average Bonchev–Trinajstić information content (AvgIpc) is 2.65. The molecule has 1 aromatic carbocycles. The molecule has 26 heavy (non-hydrogen) atoms. The minimum Gasteiger partial charge on any atom is -0.387 e. The van der Waals surface area contributed by atoms with Gasteiger partial charge in [0.2, 0.25) is 0 Å². The third kappa shape index (κ3) is 4.46. The molecule has 1 atom stereocenters. The molecule has 2 aliphatic rings. The number of nitrogens with zero attached hydrogens (tertiary/aromatic N) is 3. The molecule has 0 aliphatic carbocycles. The van der Waals surface area contributed by atoms with Gasteiger partial charge in [-0.3, -0.25) is 4.90 Å². The maximum absolute atomic E-state index is 12.8. The van der Waals surface area contributed by atoms with Crippen molar-refractivity contribution in [2.75, 3.05) is 45.8 Å². The molecule has 0 saturated carbocycles. The molecule has 0 radical (unpaired) electrons. The quantitative estimate of drug-likeness (QED) is 0.843. The SMILES string of the molecule is Cc1ccc(C)c([C@@H](O)CN2CCN(S(=O)(=O)N3CCCCC3)CC2)c1. The summed E-state index contributed by atoms with van der Waals surface area (Å²) in [6, 6.07) is 6.13. The fourth-order valence-electron chi connectivity index (χ4n) is 3.86. The first-order chi connectivity index (χ1) is 12.4. The Morgan fingerprint density at radius 2 is 1.58 bits per heavy atom. The lowest BCUT2D eigenvalue weighted by Crippen LogP contribution is -2.54. The van der Waals surface area contributed by atoms with Gasteiger partial charge in [-0.15, -0.1) is 0 Å². The number of benzene rings is 1. The fourth-order valence-corrected chi connectivity index (χ4v) is 5.53. The number of aliphatic hydroxyl groups is 1. The number of β-amino-alcohol motifs (C(OH)–C–C–N with tert-alkyl or cyclic N) is 1. The van der Waals surface area contributed by atoms with E-state index >= 15 is 0 Å². The molecule has 0 bridgehead atoms. The third-order valence-corrected chi connectivity index (χ3v) is 7.56. The molecule has 0 unspecified atom stereocenters. The Kier molecular flexibility index (Phi) is 6.35. The van der Waals surface area contributed by atoms with Gasteiger partial charge in [0.05, 0.1) is 6.10 Å². The van der Waals surface area contributed by atoms with Crippen molar-refractivity contribution in [3.8, 4) is 0 Å². The largest absolute Gasteiger partial charge is 0.387 e. The van der Waals surface area contributed by atoms with E-state index in [4.69, 9.17) is 0 Å². The Balaban J connectivity index is 1.56. The van der Waals surface area contributed by atoms with E-state index in [0.29, 0.717) is 45.8 Å². The van der Waals surface area contributed by atoms with Crippen molar-refractivity contribution in [2.24, 2.45) is 0 Å². The van der Waals surface area contributed by atoms with Gasteiger partial charge in [0.1, 0.15) is 0 Å². The van der Waals surface area contributed by atoms with E-state index in [1.54, 1.807) is 8.61 Å². The summed E-state index contributed by atoms with van der Waals surface area (Å²) in [4.78, 5) is 2.16. The van der Waals surface area contributed by atoms with Crippen LogP contribution in [0.5, 0.6) is 0 Å². The van der Waals surface area contributed by atoms with Crippen LogP contribution in [0.1, 0.15) is 42.1 Å². The standard InChI is InChI=1S/C19H31N3O3S/c1-16-6-7-17(2)18(14-16)19(23)15-20-10-12-22(13-11-20)26(24,25)21-8-4-3-5-9-21/h6-7,14,19,23H,3-5,8-13,15H2,1-2H3/t19-/m0/s1. The molecule has 2 aliphatic heterocycles. The van der Waals surface area contributed by atoms with Crippen LogP contribution < -0.4 is 0 Å². The predicted molar refractivity (Wildman–Crippen MR) is 103 cm³/mol. The maximum atomic E-state index is 12.8. The monoisotopic (exact) mass is 381 g/mol. The van der Waals surface area contributed by atoms with E-state index in [9.17, 15) is 13.5 Å². The molecular formula is C19H31N3O3S. The van der Waals surface area contributed by atoms with Gasteiger partial charge in [-0.1, -0.05) is 30.2 Å². The zero-order chi connectivity index (χ0) is 18.7. The van der Waals surface area contributed by atoms with Gasteiger partial charge in [-0.25, -0.2) is 0 Å². The zero-order valence-electron chi connectivity index (χ0n) is 15.9. The summed E-state index contributed by atoms with van der Waals surface area (Å²) in [5.74, 6) is 0. The van der Waals surface area contributed by atoms with E-state index < -0.39 is 16.3 Å². The highest BCUT2D eigenvalue weighted by molar-refractivity contribution is 7.86. The number of hydrogen-bond acceptors (Lipinski definition) is 4.